The number of halogens is 1. The van der Waals surface area contributed by atoms with Gasteiger partial charge in [-0.1, -0.05) is 43.6 Å². The molecule has 0 fully saturated rings. The minimum absolute atomic E-state index is 0.0289. The summed E-state index contributed by atoms with van der Waals surface area (Å²) in [5.41, 5.74) is 1.16. The van der Waals surface area contributed by atoms with Crippen LogP contribution >= 0.6 is 11.6 Å². The van der Waals surface area contributed by atoms with Crippen LogP contribution in [0.4, 0.5) is 5.69 Å². The van der Waals surface area contributed by atoms with Crippen molar-refractivity contribution in [2.24, 2.45) is 0 Å². The van der Waals surface area contributed by atoms with Crippen molar-refractivity contribution in [2.45, 2.75) is 65.1 Å². The average molecular weight is 566 g/mol. The molecule has 208 valence electrons. The van der Waals surface area contributed by atoms with Gasteiger partial charge in [0.1, 0.15) is 6.04 Å². The van der Waals surface area contributed by atoms with Crippen molar-refractivity contribution in [3.05, 3.63) is 53.1 Å². The summed E-state index contributed by atoms with van der Waals surface area (Å²) in [6.45, 7) is 6.09. The molecule has 2 amide bonds. The fraction of sp³-hybridized carbons (Fsp3) is 0.481. The molecule has 0 aliphatic carbocycles. The number of nitrogens with zero attached hydrogens (tertiary/aromatic N) is 2. The summed E-state index contributed by atoms with van der Waals surface area (Å²) in [4.78, 5) is 28.2. The van der Waals surface area contributed by atoms with Gasteiger partial charge in [-0.15, -0.1) is 0 Å². The van der Waals surface area contributed by atoms with Gasteiger partial charge in [0.15, 0.2) is 11.5 Å². The molecule has 1 N–H and O–H groups in total. The fourth-order valence-corrected chi connectivity index (χ4v) is 5.37. The second-order valence-corrected chi connectivity index (χ2v) is 11.6. The Balaban J connectivity index is 1.77. The summed E-state index contributed by atoms with van der Waals surface area (Å²) in [6, 6.07) is 11.4. The van der Waals surface area contributed by atoms with Gasteiger partial charge < -0.3 is 19.7 Å². The highest BCUT2D eigenvalue weighted by Crippen LogP contribution is 2.36. The quantitative estimate of drug-likeness (QED) is 0.387. The van der Waals surface area contributed by atoms with Gasteiger partial charge in [-0.25, -0.2) is 8.42 Å². The standard InChI is InChI=1S/C27H36ClN3O6S/c1-5-19(3)29-27(33)23(6-2)30(17-20-10-7-8-11-22(20)28)26(32)12-9-15-31(38(4,34)35)21-13-14-24-25(16-21)37-18-36-24/h7-8,10-11,13-14,16,19,23H,5-6,9,12,15,17-18H2,1-4H3,(H,29,33)/t19-,23-/m1/s1. The molecule has 2 atom stereocenters. The van der Waals surface area contributed by atoms with Crippen molar-refractivity contribution >= 4 is 39.1 Å². The molecular formula is C27H36ClN3O6S. The van der Waals surface area contributed by atoms with E-state index < -0.39 is 16.1 Å². The summed E-state index contributed by atoms with van der Waals surface area (Å²) in [5.74, 6) is 0.542. The van der Waals surface area contributed by atoms with Crippen LogP contribution in [0.15, 0.2) is 42.5 Å². The molecule has 1 heterocycles. The number of hydrogen-bond donors (Lipinski definition) is 1. The third-order valence-corrected chi connectivity index (χ3v) is 8.04. The number of carbonyl (C=O) groups is 2. The largest absolute Gasteiger partial charge is 0.454 e. The summed E-state index contributed by atoms with van der Waals surface area (Å²) in [7, 11) is -3.63. The van der Waals surface area contributed by atoms with Gasteiger partial charge in [0, 0.05) is 36.6 Å². The van der Waals surface area contributed by atoms with Gasteiger partial charge >= 0.3 is 0 Å². The van der Waals surface area contributed by atoms with Crippen LogP contribution in [0.1, 0.15) is 52.0 Å². The Morgan fingerprint density at radius 2 is 1.79 bits per heavy atom. The molecule has 0 aromatic heterocycles. The Morgan fingerprint density at radius 3 is 2.45 bits per heavy atom. The number of nitrogens with one attached hydrogen (secondary N) is 1. The average Bonchev–Trinajstić information content (AvgIpc) is 3.34. The molecule has 2 aromatic carbocycles. The lowest BCUT2D eigenvalue weighted by Crippen LogP contribution is -2.50. The van der Waals surface area contributed by atoms with E-state index in [1.54, 1.807) is 35.2 Å². The lowest BCUT2D eigenvalue weighted by molar-refractivity contribution is -0.141. The lowest BCUT2D eigenvalue weighted by Gasteiger charge is -2.32. The van der Waals surface area contributed by atoms with Gasteiger partial charge in [0.25, 0.3) is 0 Å². The van der Waals surface area contributed by atoms with Crippen molar-refractivity contribution in [2.75, 3.05) is 23.9 Å². The topological polar surface area (TPSA) is 105 Å². The summed E-state index contributed by atoms with van der Waals surface area (Å²) >= 11 is 6.38. The van der Waals surface area contributed by atoms with Crippen molar-refractivity contribution < 1.29 is 27.5 Å². The van der Waals surface area contributed by atoms with Crippen LogP contribution in [-0.2, 0) is 26.2 Å². The van der Waals surface area contributed by atoms with E-state index in [1.807, 2.05) is 32.9 Å². The predicted octanol–water partition coefficient (Wildman–Crippen LogP) is 4.34. The molecule has 0 spiro atoms. The predicted molar refractivity (Wildman–Crippen MR) is 148 cm³/mol. The van der Waals surface area contributed by atoms with E-state index >= 15 is 0 Å². The molecule has 38 heavy (non-hydrogen) atoms. The Kier molecular flexibility index (Phi) is 10.3. The number of ether oxygens (including phenoxy) is 2. The first kappa shape index (κ1) is 29.6. The second-order valence-electron chi connectivity index (χ2n) is 9.33. The molecule has 0 saturated carbocycles. The number of rotatable bonds is 13. The minimum atomic E-state index is -3.63. The van der Waals surface area contributed by atoms with E-state index in [-0.39, 0.29) is 50.6 Å². The maximum absolute atomic E-state index is 13.5. The zero-order valence-electron chi connectivity index (χ0n) is 22.3. The molecule has 1 aliphatic heterocycles. The number of anilines is 1. The maximum atomic E-state index is 13.5. The van der Waals surface area contributed by atoms with Crippen LogP contribution in [0, 0.1) is 0 Å². The second kappa shape index (κ2) is 13.2. The van der Waals surface area contributed by atoms with Gasteiger partial charge in [0.2, 0.25) is 28.6 Å². The summed E-state index contributed by atoms with van der Waals surface area (Å²) < 4.78 is 37.1. The maximum Gasteiger partial charge on any atom is 0.243 e. The van der Waals surface area contributed by atoms with Gasteiger partial charge in [0.05, 0.1) is 11.9 Å². The number of hydrogen-bond acceptors (Lipinski definition) is 6. The van der Waals surface area contributed by atoms with Crippen LogP contribution in [0.5, 0.6) is 11.5 Å². The first-order valence-electron chi connectivity index (χ1n) is 12.8. The number of sulfonamides is 1. The molecule has 0 saturated heterocycles. The first-order chi connectivity index (χ1) is 18.0. The van der Waals surface area contributed by atoms with Crippen molar-refractivity contribution in [1.82, 2.24) is 10.2 Å². The molecule has 0 radical (unpaired) electrons. The van der Waals surface area contributed by atoms with Crippen LogP contribution in [0.25, 0.3) is 0 Å². The zero-order valence-corrected chi connectivity index (χ0v) is 23.8. The monoisotopic (exact) mass is 565 g/mol. The molecule has 1 aliphatic rings. The summed E-state index contributed by atoms with van der Waals surface area (Å²) in [5, 5.41) is 3.48. The third-order valence-electron chi connectivity index (χ3n) is 6.48. The van der Waals surface area contributed by atoms with E-state index in [1.165, 1.54) is 4.31 Å². The highest BCUT2D eigenvalue weighted by Gasteiger charge is 2.30. The van der Waals surface area contributed by atoms with E-state index in [2.05, 4.69) is 5.32 Å². The number of amides is 2. The van der Waals surface area contributed by atoms with E-state index in [9.17, 15) is 18.0 Å². The Bertz CT molecular complexity index is 1240. The van der Waals surface area contributed by atoms with Crippen molar-refractivity contribution in [3.63, 3.8) is 0 Å². The van der Waals surface area contributed by atoms with E-state index in [0.29, 0.717) is 28.6 Å². The minimum Gasteiger partial charge on any atom is -0.454 e. The molecule has 2 aromatic rings. The highest BCUT2D eigenvalue weighted by atomic mass is 35.5. The molecule has 0 unspecified atom stereocenters. The molecule has 11 heteroatoms. The number of benzene rings is 2. The van der Waals surface area contributed by atoms with E-state index in [0.717, 1.165) is 18.2 Å². The SMILES string of the molecule is CC[C@@H](C)NC(=O)[C@@H](CC)N(Cc1ccccc1Cl)C(=O)CCCN(c1ccc2c(c1)OCO2)S(C)(=O)=O. The highest BCUT2D eigenvalue weighted by molar-refractivity contribution is 7.92. The van der Waals surface area contributed by atoms with Crippen LogP contribution in [0.3, 0.4) is 0 Å². The zero-order chi connectivity index (χ0) is 27.9. The first-order valence-corrected chi connectivity index (χ1v) is 15.0. The normalized spacial score (nSPS) is 14.0. The molecule has 0 bridgehead atoms. The number of fused-ring (bicyclic) bond motifs is 1. The van der Waals surface area contributed by atoms with Crippen molar-refractivity contribution in [3.8, 4) is 11.5 Å². The van der Waals surface area contributed by atoms with Crippen LogP contribution in [0.2, 0.25) is 5.02 Å². The Morgan fingerprint density at radius 1 is 1.08 bits per heavy atom. The third kappa shape index (κ3) is 7.54. The summed E-state index contributed by atoms with van der Waals surface area (Å²) in [6.07, 6.45) is 2.61. The molecule has 9 nitrogen and oxygen atoms in total. The number of carbonyl (C=O) groups excluding carboxylic acids is 2. The van der Waals surface area contributed by atoms with Crippen molar-refractivity contribution in [1.29, 1.82) is 0 Å². The van der Waals surface area contributed by atoms with E-state index in [4.69, 9.17) is 21.1 Å². The van der Waals surface area contributed by atoms with Gasteiger partial charge in [-0.2, -0.15) is 0 Å². The van der Waals surface area contributed by atoms with Gasteiger partial charge in [-0.3, -0.25) is 13.9 Å². The molecule has 3 rings (SSSR count). The Hall–Kier alpha value is -2.98. The lowest BCUT2D eigenvalue weighted by atomic mass is 10.1. The Labute approximate surface area is 230 Å². The van der Waals surface area contributed by atoms with Gasteiger partial charge in [-0.05, 0) is 49.9 Å². The van der Waals surface area contributed by atoms with Crippen LogP contribution < -0.4 is 19.1 Å². The molecular weight excluding hydrogens is 530 g/mol. The van der Waals surface area contributed by atoms with Crippen LogP contribution in [-0.4, -0.2) is 56.8 Å². The fourth-order valence-electron chi connectivity index (χ4n) is 4.22. The smallest absolute Gasteiger partial charge is 0.243 e.